The largest absolute Gasteiger partial charge is 0.497 e. The zero-order valence-corrected chi connectivity index (χ0v) is 40.9. The lowest BCUT2D eigenvalue weighted by Gasteiger charge is -2.39. The first kappa shape index (κ1) is 50.4. The van der Waals surface area contributed by atoms with E-state index in [1.807, 2.05) is 103 Å². The van der Waals surface area contributed by atoms with Gasteiger partial charge in [0.15, 0.2) is 11.9 Å². The van der Waals surface area contributed by atoms with E-state index in [9.17, 15) is 15.1 Å². The van der Waals surface area contributed by atoms with Crippen LogP contribution in [0.25, 0.3) is 21.5 Å². The van der Waals surface area contributed by atoms with Crippen LogP contribution >= 0.6 is 0 Å². The molecule has 0 aliphatic carbocycles. The van der Waals surface area contributed by atoms with Gasteiger partial charge in [-0.25, -0.2) is 24.4 Å². The fourth-order valence-corrected chi connectivity index (χ4v) is 8.65. The normalized spacial score (nSPS) is 17.7. The van der Waals surface area contributed by atoms with Gasteiger partial charge < -0.3 is 38.7 Å². The number of ether oxygens (including phenoxy) is 6. The maximum absolute atomic E-state index is 15.3. The number of hydrogen-bond acceptors (Lipinski definition) is 12. The second-order valence-electron chi connectivity index (χ2n) is 19.2. The first-order chi connectivity index (χ1) is 33.4. The number of carbonyl (C=O) groups excluding carboxylic acids is 3. The molecule has 2 N–H and O–H groups in total. The van der Waals surface area contributed by atoms with Gasteiger partial charge in [0.25, 0.3) is 0 Å². The smallest absolute Gasteiger partial charge is 0.411 e. The molecule has 2 amide bonds. The van der Waals surface area contributed by atoms with Gasteiger partial charge in [-0.15, -0.1) is 0 Å². The van der Waals surface area contributed by atoms with Crippen LogP contribution in [0.5, 0.6) is 5.75 Å². The highest BCUT2D eigenvalue weighted by Crippen LogP contribution is 2.47. The van der Waals surface area contributed by atoms with Crippen molar-refractivity contribution >= 4 is 35.0 Å². The third-order valence-corrected chi connectivity index (χ3v) is 11.7. The molecule has 17 heteroatoms. The second-order valence-corrected chi connectivity index (χ2v) is 19.2. The highest BCUT2D eigenvalue weighted by molar-refractivity contribution is 5.88. The molecular formula is C53H60N8O9. The number of H-pyrrole nitrogens is 1. The number of hydrogen-bond donors (Lipinski definition) is 2. The Morgan fingerprint density at radius 1 is 0.800 bits per heavy atom. The number of aromatic amines is 1. The molecule has 0 unspecified atom stereocenters. The van der Waals surface area contributed by atoms with E-state index < -0.39 is 71.2 Å². The third kappa shape index (κ3) is 11.3. The van der Waals surface area contributed by atoms with Gasteiger partial charge in [-0.1, -0.05) is 117 Å². The quantitative estimate of drug-likeness (QED) is 0.0233. The fourth-order valence-electron chi connectivity index (χ4n) is 8.65. The summed E-state index contributed by atoms with van der Waals surface area (Å²) in [7, 11) is 1.58. The number of likely N-dealkylation sites (tertiary alicyclic amines) is 1. The molecule has 5 atom stereocenters. The SMILES string of the molecule is COc1ccc(CO[C@H]2[C@@H](OC(=O)[C@@H](NC(=O)OC(C)(C)C)C(C)C)[C@H](c3c[nH]c4c(N=[N+]=[N-])ncnc34)N(C(=O)OC(C)(C)C)[C@@H]2COC(c2ccccc2)(c2ccccc2)c2ccccc2)cc1. The van der Waals surface area contributed by atoms with E-state index in [4.69, 9.17) is 28.4 Å². The number of aromatic nitrogens is 3. The topological polar surface area (TPSA) is 212 Å². The van der Waals surface area contributed by atoms with Crippen molar-refractivity contribution in [2.75, 3.05) is 13.7 Å². The van der Waals surface area contributed by atoms with E-state index >= 15 is 4.79 Å². The van der Waals surface area contributed by atoms with E-state index in [2.05, 4.69) is 30.3 Å². The van der Waals surface area contributed by atoms with Crippen LogP contribution in [0.3, 0.4) is 0 Å². The summed E-state index contributed by atoms with van der Waals surface area (Å²) in [5.74, 6) is -0.677. The van der Waals surface area contributed by atoms with Gasteiger partial charge in [-0.3, -0.25) is 4.90 Å². The van der Waals surface area contributed by atoms with Crippen molar-refractivity contribution in [1.82, 2.24) is 25.2 Å². The molecule has 0 saturated carbocycles. The molecule has 1 saturated heterocycles. The molecule has 2 aromatic heterocycles. The van der Waals surface area contributed by atoms with Crippen LogP contribution < -0.4 is 10.1 Å². The molecule has 70 heavy (non-hydrogen) atoms. The average Bonchev–Trinajstić information content (AvgIpc) is 3.89. The van der Waals surface area contributed by atoms with Gasteiger partial charge >= 0.3 is 18.2 Å². The number of esters is 1. The highest BCUT2D eigenvalue weighted by Gasteiger charge is 2.58. The van der Waals surface area contributed by atoms with Crippen LogP contribution in [0, 0.1) is 5.92 Å². The number of methoxy groups -OCH3 is 1. The van der Waals surface area contributed by atoms with E-state index in [1.165, 1.54) is 11.2 Å². The average molecular weight is 953 g/mol. The number of azide groups is 1. The van der Waals surface area contributed by atoms with Gasteiger partial charge in [-0.05, 0) is 92.5 Å². The van der Waals surface area contributed by atoms with Gasteiger partial charge in [0.2, 0.25) is 0 Å². The minimum Gasteiger partial charge on any atom is -0.497 e. The maximum atomic E-state index is 15.3. The molecule has 0 spiro atoms. The Bertz CT molecular complexity index is 2670. The lowest BCUT2D eigenvalue weighted by Crippen LogP contribution is -2.50. The Morgan fingerprint density at radius 2 is 1.37 bits per heavy atom. The summed E-state index contributed by atoms with van der Waals surface area (Å²) in [4.78, 5) is 59.9. The molecule has 0 radical (unpaired) electrons. The molecule has 17 nitrogen and oxygen atoms in total. The standard InChI is InChI=1S/C53H60N8O9/c1-33(2)41(58-49(63)69-51(3,4)5)48(62)68-46-44(39-29-55-43-42(39)56-32-57-47(43)59-60-54)61(50(64)70-52(6,7)8)40(45(46)66-30-34-25-27-38(65-9)28-26-34)31-67-53(35-19-13-10-14-20-35,36-21-15-11-16-22-36)37-23-17-12-18-24-37/h10-29,32-33,40-41,44-46,55H,30-31H2,1-9H3,(H,58,63)/t40-,41+,44+,45-,46+/m1/s1. The number of alkyl carbamates (subject to hydrolysis) is 1. The molecule has 7 rings (SSSR count). The number of nitrogens with zero attached hydrogens (tertiary/aromatic N) is 6. The van der Waals surface area contributed by atoms with Crippen LogP contribution in [0.15, 0.2) is 133 Å². The minimum absolute atomic E-state index is 0.00102. The number of benzene rings is 4. The van der Waals surface area contributed by atoms with Crippen molar-refractivity contribution in [3.8, 4) is 5.75 Å². The molecule has 1 aliphatic heterocycles. The molecule has 366 valence electrons. The molecule has 0 bridgehead atoms. The van der Waals surface area contributed by atoms with Crippen molar-refractivity contribution in [2.24, 2.45) is 11.0 Å². The Balaban J connectivity index is 1.46. The van der Waals surface area contributed by atoms with Crippen molar-refractivity contribution in [3.05, 3.63) is 166 Å². The van der Waals surface area contributed by atoms with Gasteiger partial charge in [0.1, 0.15) is 47.1 Å². The van der Waals surface area contributed by atoms with E-state index in [0.717, 1.165) is 22.3 Å². The Hall–Kier alpha value is -7.46. The van der Waals surface area contributed by atoms with Crippen LogP contribution in [-0.4, -0.2) is 87.2 Å². The summed E-state index contributed by atoms with van der Waals surface area (Å²) in [6, 6.07) is 33.1. The van der Waals surface area contributed by atoms with E-state index in [0.29, 0.717) is 11.3 Å². The van der Waals surface area contributed by atoms with Crippen molar-refractivity contribution in [1.29, 1.82) is 0 Å². The molecular weight excluding hydrogens is 893 g/mol. The first-order valence-electron chi connectivity index (χ1n) is 23.1. The number of nitrogens with one attached hydrogen (secondary N) is 2. The zero-order valence-electron chi connectivity index (χ0n) is 40.9. The van der Waals surface area contributed by atoms with Gasteiger partial charge in [0, 0.05) is 16.7 Å². The van der Waals surface area contributed by atoms with Crippen LogP contribution in [-0.2, 0) is 40.7 Å². The monoisotopic (exact) mass is 952 g/mol. The predicted molar refractivity (Wildman–Crippen MR) is 262 cm³/mol. The lowest BCUT2D eigenvalue weighted by molar-refractivity contribution is -0.162. The summed E-state index contributed by atoms with van der Waals surface area (Å²) >= 11 is 0. The number of amides is 2. The molecule has 1 fully saturated rings. The number of carbonyl (C=O) groups is 3. The maximum Gasteiger partial charge on any atom is 0.411 e. The summed E-state index contributed by atoms with van der Waals surface area (Å²) in [6.45, 7) is 13.7. The number of fused-ring (bicyclic) bond motifs is 1. The van der Waals surface area contributed by atoms with Crippen molar-refractivity contribution in [3.63, 3.8) is 0 Å². The highest BCUT2D eigenvalue weighted by atomic mass is 16.6. The minimum atomic E-state index is -1.34. The Kier molecular flexibility index (Phi) is 15.5. The number of rotatable bonds is 16. The Labute approximate surface area is 407 Å². The second kappa shape index (κ2) is 21.5. The molecule has 1 aliphatic rings. The summed E-state index contributed by atoms with van der Waals surface area (Å²) in [6.07, 6.45) is -1.27. The molecule has 6 aromatic rings. The summed E-state index contributed by atoms with van der Waals surface area (Å²) in [5.41, 5.74) is 10.4. The van der Waals surface area contributed by atoms with Crippen LogP contribution in [0.2, 0.25) is 0 Å². The Morgan fingerprint density at radius 3 is 1.89 bits per heavy atom. The van der Waals surface area contributed by atoms with E-state index in [1.54, 1.807) is 80.8 Å². The van der Waals surface area contributed by atoms with Crippen LogP contribution in [0.1, 0.15) is 89.2 Å². The first-order valence-corrected chi connectivity index (χ1v) is 23.1. The molecule has 3 heterocycles. The lowest BCUT2D eigenvalue weighted by atomic mass is 9.80. The molecule has 4 aromatic carbocycles. The van der Waals surface area contributed by atoms with Crippen molar-refractivity contribution < 1.29 is 42.8 Å². The zero-order chi connectivity index (χ0) is 50.2. The summed E-state index contributed by atoms with van der Waals surface area (Å²) < 4.78 is 38.5. The van der Waals surface area contributed by atoms with Crippen LogP contribution in [0.4, 0.5) is 15.4 Å². The van der Waals surface area contributed by atoms with Gasteiger partial charge in [-0.2, -0.15) is 0 Å². The third-order valence-electron chi connectivity index (χ3n) is 11.7. The predicted octanol–water partition coefficient (Wildman–Crippen LogP) is 10.6. The summed E-state index contributed by atoms with van der Waals surface area (Å²) in [5, 5.41) is 6.51. The van der Waals surface area contributed by atoms with E-state index in [-0.39, 0.29) is 30.1 Å². The van der Waals surface area contributed by atoms with Crippen molar-refractivity contribution in [2.45, 2.75) is 109 Å². The fraction of sp³-hybridized carbons (Fsp3) is 0.377. The van der Waals surface area contributed by atoms with Gasteiger partial charge in [0.05, 0.1) is 37.4 Å².